The highest BCUT2D eigenvalue weighted by atomic mass is 32.2. The number of benzene rings is 1. The van der Waals surface area contributed by atoms with E-state index < -0.39 is 15.6 Å². The molecule has 0 atom stereocenters. The normalized spacial score (nSPS) is 17.6. The first-order valence-corrected chi connectivity index (χ1v) is 7.65. The van der Waals surface area contributed by atoms with Gasteiger partial charge in [-0.2, -0.15) is 8.78 Å². The van der Waals surface area contributed by atoms with Crippen LogP contribution >= 0.6 is 0 Å². The maximum atomic E-state index is 12.6. The molecule has 0 unspecified atom stereocenters. The van der Waals surface area contributed by atoms with Crippen LogP contribution in [0.15, 0.2) is 29.2 Å². The first kappa shape index (κ1) is 14.2. The minimum absolute atomic E-state index is 0.107. The number of halogens is 2. The summed E-state index contributed by atoms with van der Waals surface area (Å²) in [5.74, 6) is -3.40. The molecule has 0 aromatic heterocycles. The first-order chi connectivity index (χ1) is 9.01. The Balaban J connectivity index is 2.26. The molecule has 4 nitrogen and oxygen atoms in total. The Labute approximate surface area is 111 Å². The Hall–Kier alpha value is -1.21. The third-order valence-corrected chi connectivity index (χ3v) is 4.57. The zero-order valence-corrected chi connectivity index (χ0v) is 11.1. The highest BCUT2D eigenvalue weighted by Crippen LogP contribution is 2.27. The number of para-hydroxylation sites is 1. The Bertz CT molecular complexity index is 528. The molecule has 0 amide bonds. The van der Waals surface area contributed by atoms with Gasteiger partial charge in [-0.05, 0) is 38.1 Å². The van der Waals surface area contributed by atoms with E-state index in [9.17, 15) is 17.2 Å². The number of hydrogen-bond donors (Lipinski definition) is 2. The number of alkyl halides is 2. The van der Waals surface area contributed by atoms with E-state index in [1.807, 2.05) is 0 Å². The lowest BCUT2D eigenvalue weighted by Crippen LogP contribution is -2.35. The molecule has 0 spiro atoms. The van der Waals surface area contributed by atoms with E-state index in [2.05, 4.69) is 10.6 Å². The van der Waals surface area contributed by atoms with Crippen molar-refractivity contribution in [1.82, 2.24) is 5.32 Å². The van der Waals surface area contributed by atoms with Crippen LogP contribution in [0.25, 0.3) is 0 Å². The van der Waals surface area contributed by atoms with Crippen LogP contribution in [-0.2, 0) is 9.84 Å². The fourth-order valence-corrected chi connectivity index (χ4v) is 3.01. The standard InChI is InChI=1S/C12H16F2N2O2S/c13-12(14)19(17,18)11-4-2-1-3-10(11)16-9-5-7-15-8-6-9/h1-4,9,12,15-16H,5-8H2. The second-order valence-electron chi connectivity index (χ2n) is 4.47. The number of sulfone groups is 1. The minimum atomic E-state index is -4.57. The van der Waals surface area contributed by atoms with E-state index in [1.165, 1.54) is 18.2 Å². The lowest BCUT2D eigenvalue weighted by molar-refractivity contribution is 0.235. The summed E-state index contributed by atoms with van der Waals surface area (Å²) in [5.41, 5.74) is 0.259. The summed E-state index contributed by atoms with van der Waals surface area (Å²) in [7, 11) is -4.57. The van der Waals surface area contributed by atoms with E-state index in [0.717, 1.165) is 25.9 Å². The van der Waals surface area contributed by atoms with E-state index >= 15 is 0 Å². The number of hydrogen-bond acceptors (Lipinski definition) is 4. The van der Waals surface area contributed by atoms with Crippen molar-refractivity contribution >= 4 is 15.5 Å². The van der Waals surface area contributed by atoms with Crippen molar-refractivity contribution < 1.29 is 17.2 Å². The predicted molar refractivity (Wildman–Crippen MR) is 69.1 cm³/mol. The van der Waals surface area contributed by atoms with Crippen molar-refractivity contribution in [3.63, 3.8) is 0 Å². The van der Waals surface area contributed by atoms with Crippen molar-refractivity contribution in [1.29, 1.82) is 0 Å². The first-order valence-electron chi connectivity index (χ1n) is 6.10. The lowest BCUT2D eigenvalue weighted by Gasteiger charge is -2.25. The summed E-state index contributed by atoms with van der Waals surface area (Å²) in [6.07, 6.45) is 1.67. The minimum Gasteiger partial charge on any atom is -0.381 e. The van der Waals surface area contributed by atoms with Crippen molar-refractivity contribution in [3.05, 3.63) is 24.3 Å². The van der Waals surface area contributed by atoms with Gasteiger partial charge in [0.1, 0.15) is 0 Å². The quantitative estimate of drug-likeness (QED) is 0.888. The van der Waals surface area contributed by atoms with Gasteiger partial charge in [0.2, 0.25) is 9.84 Å². The maximum Gasteiger partial charge on any atom is 0.341 e. The molecule has 1 aliphatic rings. The highest BCUT2D eigenvalue weighted by Gasteiger charge is 2.29. The van der Waals surface area contributed by atoms with Gasteiger partial charge >= 0.3 is 5.76 Å². The van der Waals surface area contributed by atoms with E-state index in [-0.39, 0.29) is 16.6 Å². The van der Waals surface area contributed by atoms with Crippen LogP contribution < -0.4 is 10.6 Å². The second kappa shape index (κ2) is 5.83. The number of rotatable bonds is 4. The van der Waals surface area contributed by atoms with Crippen LogP contribution in [0, 0.1) is 0 Å². The summed E-state index contributed by atoms with van der Waals surface area (Å²) in [5, 5.41) is 6.24. The van der Waals surface area contributed by atoms with Gasteiger partial charge in [-0.25, -0.2) is 8.42 Å². The summed E-state index contributed by atoms with van der Waals surface area (Å²) in [4.78, 5) is -0.330. The molecule has 0 bridgehead atoms. The zero-order valence-electron chi connectivity index (χ0n) is 10.3. The van der Waals surface area contributed by atoms with Crippen LogP contribution in [-0.4, -0.2) is 33.3 Å². The van der Waals surface area contributed by atoms with Gasteiger partial charge in [0, 0.05) is 6.04 Å². The molecule has 1 heterocycles. The molecule has 1 aromatic rings. The monoisotopic (exact) mass is 290 g/mol. The van der Waals surface area contributed by atoms with Gasteiger partial charge in [0.15, 0.2) is 0 Å². The highest BCUT2D eigenvalue weighted by molar-refractivity contribution is 7.91. The molecule has 2 rings (SSSR count). The molecule has 0 aliphatic carbocycles. The average Bonchev–Trinajstić information content (AvgIpc) is 2.40. The maximum absolute atomic E-state index is 12.6. The third-order valence-electron chi connectivity index (χ3n) is 3.13. The third kappa shape index (κ3) is 3.22. The summed E-state index contributed by atoms with van der Waals surface area (Å²) in [6.45, 7) is 1.67. The number of piperidine rings is 1. The van der Waals surface area contributed by atoms with Gasteiger partial charge in [-0.3, -0.25) is 0 Å². The van der Waals surface area contributed by atoms with Crippen LogP contribution in [0.5, 0.6) is 0 Å². The van der Waals surface area contributed by atoms with Crippen molar-refractivity contribution in [3.8, 4) is 0 Å². The smallest absolute Gasteiger partial charge is 0.341 e. The zero-order chi connectivity index (χ0) is 13.9. The molecule has 2 N–H and O–H groups in total. The lowest BCUT2D eigenvalue weighted by atomic mass is 10.1. The molecule has 1 aromatic carbocycles. The van der Waals surface area contributed by atoms with Crippen LogP contribution in [0.3, 0.4) is 0 Å². The van der Waals surface area contributed by atoms with E-state index in [4.69, 9.17) is 0 Å². The molecule has 106 valence electrons. The van der Waals surface area contributed by atoms with Crippen LogP contribution in [0.4, 0.5) is 14.5 Å². The van der Waals surface area contributed by atoms with Crippen molar-refractivity contribution in [2.75, 3.05) is 18.4 Å². The topological polar surface area (TPSA) is 58.2 Å². The van der Waals surface area contributed by atoms with Gasteiger partial charge in [-0.15, -0.1) is 0 Å². The van der Waals surface area contributed by atoms with E-state index in [1.54, 1.807) is 6.07 Å². The Morgan fingerprint density at radius 3 is 2.47 bits per heavy atom. The molecular weight excluding hydrogens is 274 g/mol. The predicted octanol–water partition coefficient (Wildman–Crippen LogP) is 1.85. The van der Waals surface area contributed by atoms with Gasteiger partial charge in [0.25, 0.3) is 0 Å². The summed E-state index contributed by atoms with van der Waals surface area (Å²) >= 11 is 0. The molecule has 0 saturated carbocycles. The molecule has 19 heavy (non-hydrogen) atoms. The van der Waals surface area contributed by atoms with Crippen molar-refractivity contribution in [2.45, 2.75) is 29.5 Å². The molecular formula is C12H16F2N2O2S. The molecule has 7 heteroatoms. The largest absolute Gasteiger partial charge is 0.381 e. The number of anilines is 1. The molecule has 1 saturated heterocycles. The molecule has 1 fully saturated rings. The molecule has 1 aliphatic heterocycles. The Morgan fingerprint density at radius 2 is 1.84 bits per heavy atom. The van der Waals surface area contributed by atoms with Gasteiger partial charge in [0.05, 0.1) is 10.6 Å². The van der Waals surface area contributed by atoms with Gasteiger partial charge in [-0.1, -0.05) is 12.1 Å². The Morgan fingerprint density at radius 1 is 1.21 bits per heavy atom. The van der Waals surface area contributed by atoms with Crippen molar-refractivity contribution in [2.24, 2.45) is 0 Å². The number of nitrogens with one attached hydrogen (secondary N) is 2. The van der Waals surface area contributed by atoms with E-state index in [0.29, 0.717) is 0 Å². The fourth-order valence-electron chi connectivity index (χ4n) is 2.12. The van der Waals surface area contributed by atoms with Crippen LogP contribution in [0.1, 0.15) is 12.8 Å². The molecule has 0 radical (unpaired) electrons. The summed E-state index contributed by atoms with van der Waals surface area (Å²) < 4.78 is 48.4. The summed E-state index contributed by atoms with van der Waals surface area (Å²) in [6, 6.07) is 5.93. The van der Waals surface area contributed by atoms with Crippen LogP contribution in [0.2, 0.25) is 0 Å². The van der Waals surface area contributed by atoms with Gasteiger partial charge < -0.3 is 10.6 Å². The Kier molecular flexibility index (Phi) is 4.36. The fraction of sp³-hybridized carbons (Fsp3) is 0.500. The average molecular weight is 290 g/mol. The second-order valence-corrected chi connectivity index (χ2v) is 6.36. The SMILES string of the molecule is O=S(=O)(c1ccccc1NC1CCNCC1)C(F)F.